The van der Waals surface area contributed by atoms with E-state index in [9.17, 15) is 9.59 Å². The number of likely N-dealkylation sites (tertiary alicyclic amines) is 2. The van der Waals surface area contributed by atoms with Crippen molar-refractivity contribution in [1.82, 2.24) is 15.1 Å². The number of amides is 2. The first-order chi connectivity index (χ1) is 11.3. The molecule has 5 unspecified atom stereocenters. The van der Waals surface area contributed by atoms with Crippen LogP contribution >= 0.6 is 0 Å². The predicted octanol–water partition coefficient (Wildman–Crippen LogP) is 1.58. The molecule has 5 atom stereocenters. The van der Waals surface area contributed by atoms with Crippen LogP contribution in [0.3, 0.4) is 0 Å². The normalized spacial score (nSPS) is 39.7. The van der Waals surface area contributed by atoms with Gasteiger partial charge in [-0.25, -0.2) is 0 Å². The lowest BCUT2D eigenvalue weighted by Crippen LogP contribution is -2.47. The third-order valence-electron chi connectivity index (χ3n) is 6.80. The maximum atomic E-state index is 13.3. The molecule has 3 heterocycles. The lowest BCUT2D eigenvalue weighted by atomic mass is 9.81. The van der Waals surface area contributed by atoms with Gasteiger partial charge in [-0.3, -0.25) is 9.59 Å². The molecule has 3 saturated heterocycles. The summed E-state index contributed by atoms with van der Waals surface area (Å²) in [4.78, 5) is 30.1. The molecule has 0 saturated carbocycles. The molecule has 1 N–H and O–H groups in total. The van der Waals surface area contributed by atoms with Gasteiger partial charge >= 0.3 is 0 Å². The number of carbonyl (C=O) groups excluding carboxylic acids is 2. The SMILES string of the molecule is CC1CN(C(=O)CC2(C(=O)N3CC(C)C(C)C3)CCNC2)CC1C. The van der Waals surface area contributed by atoms with Gasteiger partial charge in [0.05, 0.1) is 5.41 Å². The molecular weight excluding hydrogens is 302 g/mol. The molecule has 3 fully saturated rings. The highest BCUT2D eigenvalue weighted by molar-refractivity contribution is 5.90. The van der Waals surface area contributed by atoms with Gasteiger partial charge in [0.15, 0.2) is 0 Å². The van der Waals surface area contributed by atoms with Crippen LogP contribution in [0.1, 0.15) is 40.5 Å². The minimum absolute atomic E-state index is 0.170. The van der Waals surface area contributed by atoms with E-state index in [1.54, 1.807) is 0 Å². The fourth-order valence-corrected chi connectivity index (χ4v) is 4.52. The molecule has 136 valence electrons. The predicted molar refractivity (Wildman–Crippen MR) is 94.4 cm³/mol. The Balaban J connectivity index is 1.70. The Morgan fingerprint density at radius 1 is 0.917 bits per heavy atom. The first kappa shape index (κ1) is 17.7. The summed E-state index contributed by atoms with van der Waals surface area (Å²) in [5, 5.41) is 3.34. The van der Waals surface area contributed by atoms with Crippen LogP contribution in [-0.4, -0.2) is 60.9 Å². The number of carbonyl (C=O) groups is 2. The summed E-state index contributed by atoms with van der Waals surface area (Å²) in [6.45, 7) is 13.7. The van der Waals surface area contributed by atoms with E-state index in [0.29, 0.717) is 36.6 Å². The van der Waals surface area contributed by atoms with Crippen molar-refractivity contribution >= 4 is 11.8 Å². The van der Waals surface area contributed by atoms with Crippen molar-refractivity contribution in [1.29, 1.82) is 0 Å². The molecule has 5 heteroatoms. The summed E-state index contributed by atoms with van der Waals surface area (Å²) in [7, 11) is 0. The van der Waals surface area contributed by atoms with E-state index in [0.717, 1.165) is 39.1 Å². The summed E-state index contributed by atoms with van der Waals surface area (Å²) in [5.74, 6) is 2.60. The van der Waals surface area contributed by atoms with Crippen molar-refractivity contribution in [2.45, 2.75) is 40.5 Å². The Bertz CT molecular complexity index is 481. The Kier molecular flexibility index (Phi) is 4.92. The van der Waals surface area contributed by atoms with E-state index in [2.05, 4.69) is 33.0 Å². The lowest BCUT2D eigenvalue weighted by molar-refractivity contribution is -0.146. The number of hydrogen-bond donors (Lipinski definition) is 1. The van der Waals surface area contributed by atoms with Crippen molar-refractivity contribution < 1.29 is 9.59 Å². The fraction of sp³-hybridized carbons (Fsp3) is 0.895. The Hall–Kier alpha value is -1.10. The lowest BCUT2D eigenvalue weighted by Gasteiger charge is -2.32. The number of hydrogen-bond acceptors (Lipinski definition) is 3. The molecule has 3 aliphatic rings. The molecule has 0 bridgehead atoms. The first-order valence-corrected chi connectivity index (χ1v) is 9.60. The van der Waals surface area contributed by atoms with Crippen LogP contribution in [0.4, 0.5) is 0 Å². The maximum Gasteiger partial charge on any atom is 0.230 e. The molecule has 0 aromatic heterocycles. The molecule has 3 aliphatic heterocycles. The topological polar surface area (TPSA) is 52.7 Å². The van der Waals surface area contributed by atoms with Crippen molar-refractivity contribution in [2.24, 2.45) is 29.1 Å². The molecule has 0 spiro atoms. The highest BCUT2D eigenvalue weighted by atomic mass is 16.2. The minimum Gasteiger partial charge on any atom is -0.342 e. The third-order valence-corrected chi connectivity index (χ3v) is 6.80. The highest BCUT2D eigenvalue weighted by Gasteiger charge is 2.48. The minimum atomic E-state index is -0.518. The molecule has 0 aromatic rings. The van der Waals surface area contributed by atoms with Crippen LogP contribution in [0.15, 0.2) is 0 Å². The van der Waals surface area contributed by atoms with Crippen LogP contribution < -0.4 is 5.32 Å². The molecule has 5 nitrogen and oxygen atoms in total. The summed E-state index contributed by atoms with van der Waals surface area (Å²) in [5.41, 5.74) is -0.518. The first-order valence-electron chi connectivity index (χ1n) is 9.60. The average molecular weight is 335 g/mol. The Morgan fingerprint density at radius 2 is 1.42 bits per heavy atom. The summed E-state index contributed by atoms with van der Waals surface area (Å²) in [6.07, 6.45) is 1.16. The monoisotopic (exact) mass is 335 g/mol. The zero-order valence-corrected chi connectivity index (χ0v) is 15.7. The molecule has 2 amide bonds. The zero-order chi connectivity index (χ0) is 17.5. The van der Waals surface area contributed by atoms with Crippen LogP contribution in [0, 0.1) is 29.1 Å². The summed E-state index contributed by atoms with van der Waals surface area (Å²) < 4.78 is 0. The van der Waals surface area contributed by atoms with E-state index in [-0.39, 0.29) is 11.8 Å². The van der Waals surface area contributed by atoms with Gasteiger partial charge in [-0.05, 0) is 36.6 Å². The second-order valence-electron chi connectivity index (χ2n) is 8.80. The molecule has 3 rings (SSSR count). The molecular formula is C19H33N3O2. The summed E-state index contributed by atoms with van der Waals surface area (Å²) >= 11 is 0. The zero-order valence-electron chi connectivity index (χ0n) is 15.7. The van der Waals surface area contributed by atoms with E-state index < -0.39 is 5.41 Å². The maximum absolute atomic E-state index is 13.3. The van der Waals surface area contributed by atoms with Crippen molar-refractivity contribution in [3.05, 3.63) is 0 Å². The standard InChI is InChI=1S/C19H33N3O2/c1-13-8-21(9-14(13)2)17(23)7-19(5-6-20-12-19)18(24)22-10-15(3)16(4)11-22/h13-16,20H,5-12H2,1-4H3. The second kappa shape index (κ2) is 6.66. The van der Waals surface area contributed by atoms with Crippen molar-refractivity contribution in [3.63, 3.8) is 0 Å². The van der Waals surface area contributed by atoms with Gasteiger partial charge in [-0.2, -0.15) is 0 Å². The Labute approximate surface area is 146 Å². The fourth-order valence-electron chi connectivity index (χ4n) is 4.52. The largest absolute Gasteiger partial charge is 0.342 e. The van der Waals surface area contributed by atoms with Crippen LogP contribution in [0.2, 0.25) is 0 Å². The van der Waals surface area contributed by atoms with E-state index in [1.807, 2.05) is 9.80 Å². The van der Waals surface area contributed by atoms with Gasteiger partial charge in [-0.1, -0.05) is 27.7 Å². The molecule has 0 radical (unpaired) electrons. The van der Waals surface area contributed by atoms with Gasteiger partial charge in [0.1, 0.15) is 0 Å². The molecule has 0 aromatic carbocycles. The third kappa shape index (κ3) is 3.19. The van der Waals surface area contributed by atoms with Gasteiger partial charge in [0.25, 0.3) is 0 Å². The number of rotatable bonds is 3. The Morgan fingerprint density at radius 3 is 1.88 bits per heavy atom. The van der Waals surface area contributed by atoms with E-state index >= 15 is 0 Å². The van der Waals surface area contributed by atoms with Crippen LogP contribution in [-0.2, 0) is 9.59 Å². The van der Waals surface area contributed by atoms with Crippen LogP contribution in [0.25, 0.3) is 0 Å². The second-order valence-corrected chi connectivity index (χ2v) is 8.80. The quantitative estimate of drug-likeness (QED) is 0.852. The van der Waals surface area contributed by atoms with Gasteiger partial charge in [0.2, 0.25) is 11.8 Å². The highest BCUT2D eigenvalue weighted by Crippen LogP contribution is 2.36. The van der Waals surface area contributed by atoms with Crippen LogP contribution in [0.5, 0.6) is 0 Å². The van der Waals surface area contributed by atoms with Crippen molar-refractivity contribution in [2.75, 3.05) is 39.3 Å². The molecule has 0 aliphatic carbocycles. The average Bonchev–Trinajstić information content (AvgIpc) is 3.22. The summed E-state index contributed by atoms with van der Waals surface area (Å²) in [6, 6.07) is 0. The van der Waals surface area contributed by atoms with Crippen molar-refractivity contribution in [3.8, 4) is 0 Å². The number of nitrogens with zero attached hydrogens (tertiary/aromatic N) is 2. The van der Waals surface area contributed by atoms with Gasteiger partial charge in [0, 0.05) is 39.1 Å². The van der Waals surface area contributed by atoms with Gasteiger partial charge < -0.3 is 15.1 Å². The van der Waals surface area contributed by atoms with Gasteiger partial charge in [-0.15, -0.1) is 0 Å². The molecule has 24 heavy (non-hydrogen) atoms. The van der Waals surface area contributed by atoms with E-state index in [1.165, 1.54) is 0 Å². The van der Waals surface area contributed by atoms with E-state index in [4.69, 9.17) is 0 Å². The number of nitrogens with one attached hydrogen (secondary N) is 1. The smallest absolute Gasteiger partial charge is 0.230 e.